The summed E-state index contributed by atoms with van der Waals surface area (Å²) >= 11 is 0. The summed E-state index contributed by atoms with van der Waals surface area (Å²) in [5.74, 6) is -1.16. The normalized spacial score (nSPS) is 22.3. The summed E-state index contributed by atoms with van der Waals surface area (Å²) in [6, 6.07) is 14.7. The molecule has 1 aliphatic rings. The van der Waals surface area contributed by atoms with Crippen molar-refractivity contribution in [1.29, 1.82) is 5.26 Å². The van der Waals surface area contributed by atoms with E-state index in [2.05, 4.69) is 5.32 Å². The molecule has 1 N–H and O–H groups in total. The minimum atomic E-state index is -1.07. The molecule has 0 bridgehead atoms. The van der Waals surface area contributed by atoms with Crippen LogP contribution in [0.2, 0.25) is 0 Å². The number of nitriles is 1. The van der Waals surface area contributed by atoms with Gasteiger partial charge in [-0.1, -0.05) is 36.4 Å². The van der Waals surface area contributed by atoms with Crippen LogP contribution in [0.1, 0.15) is 23.6 Å². The van der Waals surface area contributed by atoms with Gasteiger partial charge in [-0.15, -0.1) is 0 Å². The summed E-state index contributed by atoms with van der Waals surface area (Å²) in [5, 5.41) is 12.0. The second kappa shape index (κ2) is 7.20. The minimum Gasteiger partial charge on any atom is -0.340 e. The monoisotopic (exact) mass is 365 g/mol. The van der Waals surface area contributed by atoms with E-state index >= 15 is 0 Å². The smallest absolute Gasteiger partial charge is 0.248 e. The predicted molar refractivity (Wildman–Crippen MR) is 98.1 cm³/mol. The molecule has 2 aromatic carbocycles. The highest BCUT2D eigenvalue weighted by atomic mass is 19.1. The molecule has 5 nitrogen and oxygen atoms in total. The van der Waals surface area contributed by atoms with Crippen molar-refractivity contribution in [3.8, 4) is 6.07 Å². The van der Waals surface area contributed by atoms with E-state index in [0.717, 1.165) is 5.56 Å². The van der Waals surface area contributed by atoms with E-state index in [4.69, 9.17) is 0 Å². The molecule has 6 heteroatoms. The maximum atomic E-state index is 14.2. The van der Waals surface area contributed by atoms with Gasteiger partial charge >= 0.3 is 0 Å². The molecule has 2 aromatic rings. The van der Waals surface area contributed by atoms with Gasteiger partial charge in [0.15, 0.2) is 0 Å². The van der Waals surface area contributed by atoms with Crippen LogP contribution in [0.15, 0.2) is 48.5 Å². The van der Waals surface area contributed by atoms with Crippen LogP contribution in [0.25, 0.3) is 0 Å². The Bertz CT molecular complexity index is 923. The predicted octanol–water partition coefficient (Wildman–Crippen LogP) is 2.20. The molecular weight excluding hydrogens is 345 g/mol. The zero-order chi connectivity index (χ0) is 19.6. The molecule has 1 saturated heterocycles. The fourth-order valence-electron chi connectivity index (χ4n) is 3.53. The molecule has 0 radical (unpaired) electrons. The zero-order valence-electron chi connectivity index (χ0n) is 15.2. The van der Waals surface area contributed by atoms with Crippen LogP contribution in [0, 0.1) is 17.1 Å². The van der Waals surface area contributed by atoms with Crippen molar-refractivity contribution in [3.63, 3.8) is 0 Å². The van der Waals surface area contributed by atoms with Crippen LogP contribution in [-0.2, 0) is 22.4 Å². The van der Waals surface area contributed by atoms with E-state index in [1.165, 1.54) is 23.1 Å². The molecule has 138 valence electrons. The summed E-state index contributed by atoms with van der Waals surface area (Å²) in [7, 11) is 1.54. The molecule has 0 spiro atoms. The van der Waals surface area contributed by atoms with Gasteiger partial charge in [0.05, 0.1) is 11.6 Å². The van der Waals surface area contributed by atoms with Crippen molar-refractivity contribution in [2.24, 2.45) is 0 Å². The van der Waals surface area contributed by atoms with E-state index in [9.17, 15) is 19.2 Å². The molecule has 1 fully saturated rings. The van der Waals surface area contributed by atoms with Gasteiger partial charge in [-0.2, -0.15) is 5.26 Å². The van der Waals surface area contributed by atoms with Crippen molar-refractivity contribution < 1.29 is 14.0 Å². The lowest BCUT2D eigenvalue weighted by Gasteiger charge is -2.43. The van der Waals surface area contributed by atoms with Gasteiger partial charge < -0.3 is 10.2 Å². The van der Waals surface area contributed by atoms with Crippen LogP contribution in [0.3, 0.4) is 0 Å². The second-order valence-electron chi connectivity index (χ2n) is 7.00. The number of nitrogens with zero attached hydrogens (tertiary/aromatic N) is 2. The fourth-order valence-corrected chi connectivity index (χ4v) is 3.53. The maximum Gasteiger partial charge on any atom is 0.248 e. The quantitative estimate of drug-likeness (QED) is 0.903. The molecule has 27 heavy (non-hydrogen) atoms. The third kappa shape index (κ3) is 3.54. The fraction of sp³-hybridized carbons (Fsp3) is 0.286. The Kier molecular flexibility index (Phi) is 4.95. The van der Waals surface area contributed by atoms with Crippen molar-refractivity contribution >= 4 is 11.8 Å². The van der Waals surface area contributed by atoms with Gasteiger partial charge in [0.2, 0.25) is 11.8 Å². The van der Waals surface area contributed by atoms with Crippen molar-refractivity contribution in [2.45, 2.75) is 31.3 Å². The molecule has 0 aliphatic carbocycles. The summed E-state index contributed by atoms with van der Waals surface area (Å²) < 4.78 is 14.2. The molecule has 2 amide bonds. The Balaban J connectivity index is 1.85. The first-order valence-corrected chi connectivity index (χ1v) is 8.66. The molecule has 2 atom stereocenters. The van der Waals surface area contributed by atoms with E-state index in [1.54, 1.807) is 14.0 Å². The highest BCUT2D eigenvalue weighted by molar-refractivity contribution is 5.99. The third-order valence-corrected chi connectivity index (χ3v) is 5.00. The Labute approximate surface area is 157 Å². The lowest BCUT2D eigenvalue weighted by molar-refractivity contribution is -0.152. The molecule has 0 aromatic heterocycles. The summed E-state index contributed by atoms with van der Waals surface area (Å²) in [5.41, 5.74) is 0.172. The summed E-state index contributed by atoms with van der Waals surface area (Å²) in [6.45, 7) is 1.69. The number of piperazine rings is 1. The van der Waals surface area contributed by atoms with E-state index in [-0.39, 0.29) is 29.4 Å². The SMILES string of the molecule is CN1C(=O)C(C)(Cc2ccccc2)NC(=O)C1Cc1c(F)cccc1C#N. The lowest BCUT2D eigenvalue weighted by atomic mass is 9.86. The van der Waals surface area contributed by atoms with Gasteiger partial charge in [-0.05, 0) is 24.6 Å². The van der Waals surface area contributed by atoms with E-state index in [0.29, 0.717) is 6.42 Å². The Morgan fingerprint density at radius 3 is 2.56 bits per heavy atom. The van der Waals surface area contributed by atoms with Gasteiger partial charge in [-0.25, -0.2) is 4.39 Å². The number of rotatable bonds is 4. The summed E-state index contributed by atoms with van der Waals surface area (Å²) in [6.07, 6.45) is 0.309. The number of carbonyl (C=O) groups excluding carboxylic acids is 2. The van der Waals surface area contributed by atoms with Crippen molar-refractivity contribution in [3.05, 3.63) is 71.0 Å². The zero-order valence-corrected chi connectivity index (χ0v) is 15.2. The lowest BCUT2D eigenvalue weighted by Crippen LogP contribution is -2.69. The number of likely N-dealkylation sites (N-methyl/N-ethyl adjacent to an activating group) is 1. The number of benzene rings is 2. The second-order valence-corrected chi connectivity index (χ2v) is 7.00. The van der Waals surface area contributed by atoms with Crippen LogP contribution < -0.4 is 5.32 Å². The van der Waals surface area contributed by atoms with Gasteiger partial charge in [0, 0.05) is 25.5 Å². The molecule has 0 saturated carbocycles. The molecule has 2 unspecified atom stereocenters. The highest BCUT2D eigenvalue weighted by Gasteiger charge is 2.46. The number of halogens is 1. The number of nitrogens with one attached hydrogen (secondary N) is 1. The van der Waals surface area contributed by atoms with Crippen LogP contribution >= 0.6 is 0 Å². The average Bonchev–Trinajstić information content (AvgIpc) is 2.65. The Hall–Kier alpha value is -3.20. The van der Waals surface area contributed by atoms with Gasteiger partial charge in [0.25, 0.3) is 0 Å². The Morgan fingerprint density at radius 2 is 1.89 bits per heavy atom. The van der Waals surface area contributed by atoms with Crippen molar-refractivity contribution in [1.82, 2.24) is 10.2 Å². The first-order chi connectivity index (χ1) is 12.9. The first kappa shape index (κ1) is 18.6. The standard InChI is InChI=1S/C21H20FN3O2/c1-21(12-14-7-4-3-5-8-14)20(27)25(2)18(19(26)24-21)11-16-15(13-23)9-6-10-17(16)22/h3-10,18H,11-12H2,1-2H3,(H,24,26). The largest absolute Gasteiger partial charge is 0.340 e. The molecule has 3 rings (SSSR count). The van der Waals surface area contributed by atoms with Crippen LogP contribution in [-0.4, -0.2) is 35.3 Å². The number of amides is 2. The first-order valence-electron chi connectivity index (χ1n) is 8.66. The van der Waals surface area contributed by atoms with Crippen molar-refractivity contribution in [2.75, 3.05) is 7.05 Å². The van der Waals surface area contributed by atoms with Gasteiger partial charge in [-0.3, -0.25) is 9.59 Å². The van der Waals surface area contributed by atoms with E-state index < -0.39 is 17.4 Å². The van der Waals surface area contributed by atoms with Crippen LogP contribution in [0.4, 0.5) is 4.39 Å². The van der Waals surface area contributed by atoms with Gasteiger partial charge in [0.1, 0.15) is 17.4 Å². The number of carbonyl (C=O) groups is 2. The molecular formula is C21H20FN3O2. The Morgan fingerprint density at radius 1 is 1.19 bits per heavy atom. The number of hydrogen-bond donors (Lipinski definition) is 1. The topological polar surface area (TPSA) is 73.2 Å². The molecule has 1 heterocycles. The highest BCUT2D eigenvalue weighted by Crippen LogP contribution is 2.25. The van der Waals surface area contributed by atoms with E-state index in [1.807, 2.05) is 36.4 Å². The summed E-state index contributed by atoms with van der Waals surface area (Å²) in [4.78, 5) is 27.1. The third-order valence-electron chi connectivity index (χ3n) is 5.00. The van der Waals surface area contributed by atoms with Crippen LogP contribution in [0.5, 0.6) is 0 Å². The molecule has 1 aliphatic heterocycles. The minimum absolute atomic E-state index is 0.0505. The average molecular weight is 365 g/mol. The number of hydrogen-bond acceptors (Lipinski definition) is 3. The maximum absolute atomic E-state index is 14.2.